The molecule has 5 rings (SSSR count). The Labute approximate surface area is 197 Å². The van der Waals surface area contributed by atoms with Crippen LogP contribution in [0.4, 0.5) is 5.69 Å². The van der Waals surface area contributed by atoms with Crippen molar-refractivity contribution in [3.05, 3.63) is 96.9 Å². The van der Waals surface area contributed by atoms with Crippen LogP contribution in [0.5, 0.6) is 0 Å². The van der Waals surface area contributed by atoms with Gasteiger partial charge in [0, 0.05) is 72.2 Å². The zero-order valence-corrected chi connectivity index (χ0v) is 19.4. The summed E-state index contributed by atoms with van der Waals surface area (Å²) in [7, 11) is 4.00. The molecule has 7 heteroatoms. The van der Waals surface area contributed by atoms with Gasteiger partial charge in [-0.2, -0.15) is 5.10 Å². The maximum atomic E-state index is 4.59. The Bertz CT molecular complexity index is 1510. The normalized spacial score (nSPS) is 11.7. The summed E-state index contributed by atoms with van der Waals surface area (Å²) in [6.45, 7) is 5.96. The van der Waals surface area contributed by atoms with Crippen molar-refractivity contribution in [3.63, 3.8) is 0 Å². The molecule has 0 aromatic carbocycles. The maximum Gasteiger partial charge on any atom is 0.181 e. The van der Waals surface area contributed by atoms with E-state index in [2.05, 4.69) is 61.8 Å². The van der Waals surface area contributed by atoms with Crippen molar-refractivity contribution >= 4 is 22.3 Å². The van der Waals surface area contributed by atoms with E-state index in [0.29, 0.717) is 5.65 Å². The van der Waals surface area contributed by atoms with Crippen LogP contribution in [0, 0.1) is 6.92 Å². The molecule has 0 aliphatic heterocycles. The van der Waals surface area contributed by atoms with Gasteiger partial charge in [0.1, 0.15) is 0 Å². The Kier molecular flexibility index (Phi) is 5.51. The second-order valence-electron chi connectivity index (χ2n) is 8.30. The van der Waals surface area contributed by atoms with E-state index in [1.165, 1.54) is 0 Å². The highest BCUT2D eigenvalue weighted by molar-refractivity contribution is 5.94. The van der Waals surface area contributed by atoms with Crippen molar-refractivity contribution in [3.8, 4) is 22.5 Å². The molecule has 0 fully saturated rings. The molecule has 0 spiro atoms. The number of nitrogens with zero attached hydrogens (tertiary/aromatic N) is 5. The van der Waals surface area contributed by atoms with Gasteiger partial charge >= 0.3 is 0 Å². The minimum Gasteiger partial charge on any atom is -0.376 e. The zero-order chi connectivity index (χ0) is 23.7. The van der Waals surface area contributed by atoms with E-state index in [9.17, 15) is 0 Å². The number of aromatic nitrogens is 6. The first-order valence-corrected chi connectivity index (χ1v) is 11.0. The lowest BCUT2D eigenvalue weighted by atomic mass is 9.98. The van der Waals surface area contributed by atoms with Gasteiger partial charge in [-0.15, -0.1) is 0 Å². The molecule has 0 saturated carbocycles. The van der Waals surface area contributed by atoms with Gasteiger partial charge < -0.3 is 9.88 Å². The van der Waals surface area contributed by atoms with Crippen LogP contribution in [-0.4, -0.2) is 44.2 Å². The van der Waals surface area contributed by atoms with Crippen molar-refractivity contribution < 1.29 is 0 Å². The highest BCUT2D eigenvalue weighted by Crippen LogP contribution is 2.33. The fraction of sp³-hybridized carbons (Fsp3) is 0.111. The van der Waals surface area contributed by atoms with E-state index in [4.69, 9.17) is 0 Å². The molecular formula is C27H25N7. The molecule has 7 nitrogen and oxygen atoms in total. The largest absolute Gasteiger partial charge is 0.376 e. The van der Waals surface area contributed by atoms with Crippen LogP contribution >= 0.6 is 0 Å². The summed E-state index contributed by atoms with van der Waals surface area (Å²) in [5.41, 5.74) is 9.72. The van der Waals surface area contributed by atoms with Gasteiger partial charge in [-0.25, -0.2) is 4.98 Å². The van der Waals surface area contributed by atoms with Gasteiger partial charge in [0.25, 0.3) is 0 Å². The van der Waals surface area contributed by atoms with Gasteiger partial charge in [-0.3, -0.25) is 15.1 Å². The fourth-order valence-corrected chi connectivity index (χ4v) is 4.05. The summed E-state index contributed by atoms with van der Waals surface area (Å²) in [6.07, 6.45) is 13.0. The lowest BCUT2D eigenvalue weighted by Gasteiger charge is -2.12. The molecular weight excluding hydrogens is 422 g/mol. The summed E-state index contributed by atoms with van der Waals surface area (Å²) in [5, 5.41) is 8.54. The Hall–Kier alpha value is -4.52. The monoisotopic (exact) mass is 447 g/mol. The minimum atomic E-state index is 0.665. The number of aromatic amines is 2. The predicted molar refractivity (Wildman–Crippen MR) is 137 cm³/mol. The highest BCUT2D eigenvalue weighted by Gasteiger charge is 2.17. The first-order valence-electron chi connectivity index (χ1n) is 11.0. The molecule has 5 aromatic heterocycles. The second kappa shape index (κ2) is 8.78. The van der Waals surface area contributed by atoms with E-state index < -0.39 is 0 Å². The molecule has 5 aromatic rings. The summed E-state index contributed by atoms with van der Waals surface area (Å²) in [5.74, 6) is 0. The van der Waals surface area contributed by atoms with Crippen LogP contribution in [0.1, 0.15) is 16.8 Å². The number of hydrogen-bond acceptors (Lipinski definition) is 5. The summed E-state index contributed by atoms with van der Waals surface area (Å²) in [4.78, 5) is 18.8. The average Bonchev–Trinajstić information content (AvgIpc) is 3.46. The van der Waals surface area contributed by atoms with Gasteiger partial charge in [0.05, 0.1) is 23.3 Å². The lowest BCUT2D eigenvalue weighted by Crippen LogP contribution is -2.08. The lowest BCUT2D eigenvalue weighted by molar-refractivity contribution is 1.09. The first-order chi connectivity index (χ1) is 16.5. The van der Waals surface area contributed by atoms with Crippen molar-refractivity contribution in [2.75, 3.05) is 19.0 Å². The Balaban J connectivity index is 1.59. The number of rotatable bonds is 6. The van der Waals surface area contributed by atoms with Crippen molar-refractivity contribution in [1.29, 1.82) is 0 Å². The van der Waals surface area contributed by atoms with Crippen molar-refractivity contribution in [2.24, 2.45) is 0 Å². The highest BCUT2D eigenvalue weighted by atomic mass is 15.2. The van der Waals surface area contributed by atoms with Crippen LogP contribution in [0.3, 0.4) is 0 Å². The summed E-state index contributed by atoms with van der Waals surface area (Å²) < 4.78 is 0. The van der Waals surface area contributed by atoms with E-state index in [-0.39, 0.29) is 0 Å². The number of H-pyrrole nitrogens is 2. The average molecular weight is 448 g/mol. The molecule has 0 saturated heterocycles. The number of fused-ring (bicyclic) bond motifs is 1. The Morgan fingerprint density at radius 3 is 2.65 bits per heavy atom. The van der Waals surface area contributed by atoms with Gasteiger partial charge in [-0.05, 0) is 36.8 Å². The van der Waals surface area contributed by atoms with Crippen LogP contribution < -0.4 is 4.90 Å². The van der Waals surface area contributed by atoms with E-state index in [0.717, 1.165) is 56.0 Å². The predicted octanol–water partition coefficient (Wildman–Crippen LogP) is 5.40. The molecule has 0 aliphatic rings. The molecule has 34 heavy (non-hydrogen) atoms. The number of aryl methyl sites for hydroxylation is 1. The Morgan fingerprint density at radius 1 is 1.03 bits per heavy atom. The second-order valence-corrected chi connectivity index (χ2v) is 8.30. The van der Waals surface area contributed by atoms with Crippen molar-refractivity contribution in [2.45, 2.75) is 6.92 Å². The van der Waals surface area contributed by atoms with Crippen LogP contribution in [0.15, 0.2) is 80.0 Å². The number of anilines is 1. The third kappa shape index (κ3) is 3.88. The molecule has 0 unspecified atom stereocenters. The molecule has 0 radical (unpaired) electrons. The topological polar surface area (TPSA) is 86.4 Å². The molecule has 2 N–H and O–H groups in total. The maximum absolute atomic E-state index is 4.59. The third-order valence-electron chi connectivity index (χ3n) is 5.81. The molecule has 0 atom stereocenters. The standard InChI is InChI=1S/C27H25N7/c1-5-7-22(18-8-6-9-28-13-18)23-12-25(31-17(23)2)26-24-11-20(15-30-27(24)33-32-26)19-10-21(34(3)4)16-29-14-19/h5-16,31H,1H2,2-4H3,(H,30,32,33)/b22-7-. The smallest absolute Gasteiger partial charge is 0.181 e. The number of hydrogen-bond donors (Lipinski definition) is 2. The van der Waals surface area contributed by atoms with Crippen LogP contribution in [0.2, 0.25) is 0 Å². The molecule has 0 bridgehead atoms. The van der Waals surface area contributed by atoms with Gasteiger partial charge in [-0.1, -0.05) is 24.8 Å². The molecule has 168 valence electrons. The number of allylic oxidation sites excluding steroid dienone is 2. The number of nitrogens with one attached hydrogen (secondary N) is 2. The van der Waals surface area contributed by atoms with Gasteiger partial charge in [0.15, 0.2) is 5.65 Å². The third-order valence-corrected chi connectivity index (χ3v) is 5.81. The van der Waals surface area contributed by atoms with E-state index in [1.54, 1.807) is 12.3 Å². The van der Waals surface area contributed by atoms with Gasteiger partial charge in [0.2, 0.25) is 0 Å². The summed E-state index contributed by atoms with van der Waals surface area (Å²) >= 11 is 0. The summed E-state index contributed by atoms with van der Waals surface area (Å²) in [6, 6.07) is 10.3. The van der Waals surface area contributed by atoms with Crippen molar-refractivity contribution in [1.82, 2.24) is 30.1 Å². The zero-order valence-electron chi connectivity index (χ0n) is 19.4. The van der Waals surface area contributed by atoms with Crippen LogP contribution in [0.25, 0.3) is 39.1 Å². The van der Waals surface area contributed by atoms with Crippen LogP contribution in [-0.2, 0) is 0 Å². The quantitative estimate of drug-likeness (QED) is 0.340. The Morgan fingerprint density at radius 2 is 1.88 bits per heavy atom. The first kappa shape index (κ1) is 21.3. The molecule has 0 amide bonds. The fourth-order valence-electron chi connectivity index (χ4n) is 4.05. The SMILES string of the molecule is C=C/C=C(/c1cccnc1)c1cc(-c2[nH]nc3ncc(-c4cncc(N(C)C)c4)cc23)[nH]c1C. The van der Waals surface area contributed by atoms with E-state index in [1.807, 2.05) is 62.0 Å². The number of pyridine rings is 3. The molecule has 0 aliphatic carbocycles. The minimum absolute atomic E-state index is 0.665. The van der Waals surface area contributed by atoms with E-state index >= 15 is 0 Å². The molecule has 5 heterocycles.